The van der Waals surface area contributed by atoms with Gasteiger partial charge in [0, 0.05) is 31.1 Å². The first kappa shape index (κ1) is 21.3. The smallest absolute Gasteiger partial charge is 0.352 e. The molecule has 0 aromatic heterocycles. The fourth-order valence-electron chi connectivity index (χ4n) is 3.36. The van der Waals surface area contributed by atoms with Crippen molar-refractivity contribution in [3.05, 3.63) is 35.4 Å². The lowest BCUT2D eigenvalue weighted by Crippen LogP contribution is -2.42. The van der Waals surface area contributed by atoms with E-state index in [1.165, 1.54) is 0 Å². The molecule has 2 amide bonds. The number of carbonyl (C=O) groups excluding carboxylic acids is 2. The van der Waals surface area contributed by atoms with Crippen LogP contribution < -0.4 is 5.32 Å². The number of benzene rings is 1. The van der Waals surface area contributed by atoms with Crippen molar-refractivity contribution in [3.8, 4) is 0 Å². The van der Waals surface area contributed by atoms with Gasteiger partial charge in [-0.25, -0.2) is 0 Å². The minimum Gasteiger partial charge on any atom is -0.352 e. The number of amides is 2. The van der Waals surface area contributed by atoms with E-state index in [4.69, 9.17) is 0 Å². The number of hydrogen-bond donors (Lipinski definition) is 1. The Hall–Kier alpha value is -2.05. The molecule has 0 heterocycles. The fraction of sp³-hybridized carbons (Fsp3) is 0.600. The Kier molecular flexibility index (Phi) is 6.89. The molecule has 27 heavy (non-hydrogen) atoms. The van der Waals surface area contributed by atoms with Crippen molar-refractivity contribution < 1.29 is 22.8 Å². The number of rotatable bonds is 5. The lowest BCUT2D eigenvalue weighted by Gasteiger charge is -2.32. The van der Waals surface area contributed by atoms with Crippen LogP contribution in [0.1, 0.15) is 55.5 Å². The number of halogens is 3. The van der Waals surface area contributed by atoms with Crippen LogP contribution in [0.15, 0.2) is 24.3 Å². The van der Waals surface area contributed by atoms with Crippen LogP contribution >= 0.6 is 0 Å². The first-order chi connectivity index (χ1) is 12.6. The summed E-state index contributed by atoms with van der Waals surface area (Å²) >= 11 is 0. The molecule has 0 bridgehead atoms. The third-order valence-corrected chi connectivity index (χ3v) is 5.29. The first-order valence-electron chi connectivity index (χ1n) is 9.31. The van der Waals surface area contributed by atoms with Crippen LogP contribution in [0, 0.1) is 11.8 Å². The van der Waals surface area contributed by atoms with Gasteiger partial charge >= 0.3 is 6.18 Å². The zero-order valence-electron chi connectivity index (χ0n) is 16.0. The van der Waals surface area contributed by atoms with Gasteiger partial charge in [-0.1, -0.05) is 25.0 Å². The molecule has 0 spiro atoms. The number of nitrogens with one attached hydrogen (secondary N) is 1. The summed E-state index contributed by atoms with van der Waals surface area (Å²) in [5.74, 6) is -3.22. The highest BCUT2D eigenvalue weighted by atomic mass is 19.4. The molecule has 2 rings (SSSR count). The molecular weight excluding hydrogens is 357 g/mol. The molecule has 1 aromatic rings. The van der Waals surface area contributed by atoms with Gasteiger partial charge in [0.05, 0.1) is 5.92 Å². The standard InChI is InChI=1S/C20H27F3N2O2/c1-13(2)25(3)19(27)15-10-8-14(9-11-15)12-24-18(26)16-6-4-5-7-17(16)20(21,22)23/h8-11,13,16-17H,4-7,12H2,1-3H3,(H,24,26)/t16-,17-/m0/s1. The second-order valence-electron chi connectivity index (χ2n) is 7.46. The maximum Gasteiger partial charge on any atom is 0.392 e. The predicted octanol–water partition coefficient (Wildman–Crippen LogP) is 4.15. The SMILES string of the molecule is CC(C)N(C)C(=O)c1ccc(CNC(=O)[C@H]2CCCC[C@@H]2C(F)(F)F)cc1. The van der Waals surface area contributed by atoms with E-state index in [0.29, 0.717) is 18.4 Å². The Bertz CT molecular complexity index is 656. The number of carbonyl (C=O) groups is 2. The van der Waals surface area contributed by atoms with Crippen molar-refractivity contribution in [3.63, 3.8) is 0 Å². The highest BCUT2D eigenvalue weighted by Gasteiger charge is 2.47. The van der Waals surface area contributed by atoms with E-state index in [1.54, 1.807) is 36.2 Å². The second-order valence-corrected chi connectivity index (χ2v) is 7.46. The minimum absolute atomic E-state index is 0.0156. The molecule has 2 atom stereocenters. The van der Waals surface area contributed by atoms with Gasteiger partial charge in [0.15, 0.2) is 0 Å². The lowest BCUT2D eigenvalue weighted by atomic mass is 9.78. The predicted molar refractivity (Wildman–Crippen MR) is 97.0 cm³/mol. The molecule has 0 aliphatic heterocycles. The van der Waals surface area contributed by atoms with Crippen molar-refractivity contribution in [2.75, 3.05) is 7.05 Å². The fourth-order valence-corrected chi connectivity index (χ4v) is 3.36. The lowest BCUT2D eigenvalue weighted by molar-refractivity contribution is -0.198. The quantitative estimate of drug-likeness (QED) is 0.829. The van der Waals surface area contributed by atoms with Gasteiger partial charge in [-0.3, -0.25) is 9.59 Å². The molecule has 150 valence electrons. The Morgan fingerprint density at radius 3 is 2.30 bits per heavy atom. The molecule has 1 saturated carbocycles. The van der Waals surface area contributed by atoms with E-state index < -0.39 is 23.9 Å². The summed E-state index contributed by atoms with van der Waals surface area (Å²) in [5, 5.41) is 2.63. The average molecular weight is 384 g/mol. The molecule has 1 aromatic carbocycles. The second kappa shape index (κ2) is 8.76. The van der Waals surface area contributed by atoms with E-state index in [2.05, 4.69) is 5.32 Å². The van der Waals surface area contributed by atoms with Gasteiger partial charge in [-0.05, 0) is 44.4 Å². The highest BCUT2D eigenvalue weighted by molar-refractivity contribution is 5.94. The van der Waals surface area contributed by atoms with Crippen LogP contribution in [0.2, 0.25) is 0 Å². The van der Waals surface area contributed by atoms with E-state index in [9.17, 15) is 22.8 Å². The van der Waals surface area contributed by atoms with Gasteiger partial charge in [-0.2, -0.15) is 13.2 Å². The van der Waals surface area contributed by atoms with E-state index in [0.717, 1.165) is 5.56 Å². The van der Waals surface area contributed by atoms with Crippen LogP contribution in [-0.4, -0.2) is 36.0 Å². The molecule has 0 unspecified atom stereocenters. The first-order valence-corrected chi connectivity index (χ1v) is 9.31. The van der Waals surface area contributed by atoms with Crippen LogP contribution in [0.25, 0.3) is 0 Å². The number of nitrogens with zero attached hydrogens (tertiary/aromatic N) is 1. The van der Waals surface area contributed by atoms with Crippen molar-refractivity contribution >= 4 is 11.8 Å². The molecule has 4 nitrogen and oxygen atoms in total. The summed E-state index contributed by atoms with van der Waals surface area (Å²) in [4.78, 5) is 26.2. The van der Waals surface area contributed by atoms with Crippen molar-refractivity contribution in [2.45, 2.75) is 58.3 Å². The van der Waals surface area contributed by atoms with Crippen LogP contribution in [0.3, 0.4) is 0 Å². The number of alkyl halides is 3. The van der Waals surface area contributed by atoms with Gasteiger partial charge in [0.2, 0.25) is 5.91 Å². The van der Waals surface area contributed by atoms with Gasteiger partial charge in [0.25, 0.3) is 5.91 Å². The van der Waals surface area contributed by atoms with Crippen molar-refractivity contribution in [2.24, 2.45) is 11.8 Å². The van der Waals surface area contributed by atoms with Crippen LogP contribution in [0.4, 0.5) is 13.2 Å². The minimum atomic E-state index is -4.34. The Balaban J connectivity index is 1.96. The normalized spacial score (nSPS) is 20.4. The van der Waals surface area contributed by atoms with Gasteiger partial charge < -0.3 is 10.2 Å². The van der Waals surface area contributed by atoms with Crippen LogP contribution in [0.5, 0.6) is 0 Å². The Labute approximate surface area is 158 Å². The largest absolute Gasteiger partial charge is 0.392 e. The highest BCUT2D eigenvalue weighted by Crippen LogP contribution is 2.41. The maximum atomic E-state index is 13.1. The molecule has 1 N–H and O–H groups in total. The summed E-state index contributed by atoms with van der Waals surface area (Å²) in [6.45, 7) is 3.98. The third-order valence-electron chi connectivity index (χ3n) is 5.29. The Morgan fingerprint density at radius 2 is 1.74 bits per heavy atom. The molecule has 0 radical (unpaired) electrons. The molecule has 1 aliphatic rings. The molecular formula is C20H27F3N2O2. The average Bonchev–Trinajstić information content (AvgIpc) is 2.64. The summed E-state index contributed by atoms with van der Waals surface area (Å²) in [5.41, 5.74) is 1.28. The third kappa shape index (κ3) is 5.47. The molecule has 0 saturated heterocycles. The van der Waals surface area contributed by atoms with Gasteiger partial charge in [-0.15, -0.1) is 0 Å². The molecule has 1 aliphatic carbocycles. The summed E-state index contributed by atoms with van der Waals surface area (Å²) in [6.07, 6.45) is -2.90. The topological polar surface area (TPSA) is 49.4 Å². The van der Waals surface area contributed by atoms with Crippen LogP contribution in [-0.2, 0) is 11.3 Å². The molecule has 1 fully saturated rings. The van der Waals surface area contributed by atoms with Gasteiger partial charge in [0.1, 0.15) is 0 Å². The van der Waals surface area contributed by atoms with E-state index >= 15 is 0 Å². The molecule has 7 heteroatoms. The maximum absolute atomic E-state index is 13.1. The monoisotopic (exact) mass is 384 g/mol. The zero-order chi connectivity index (χ0) is 20.2. The summed E-state index contributed by atoms with van der Waals surface area (Å²) in [6, 6.07) is 6.84. The zero-order valence-corrected chi connectivity index (χ0v) is 16.0. The van der Waals surface area contributed by atoms with E-state index in [-0.39, 0.29) is 31.3 Å². The summed E-state index contributed by atoms with van der Waals surface area (Å²) < 4.78 is 39.4. The summed E-state index contributed by atoms with van der Waals surface area (Å²) in [7, 11) is 1.72. The van der Waals surface area contributed by atoms with Crippen molar-refractivity contribution in [1.82, 2.24) is 10.2 Å². The Morgan fingerprint density at radius 1 is 1.15 bits per heavy atom. The van der Waals surface area contributed by atoms with Crippen molar-refractivity contribution in [1.29, 1.82) is 0 Å². The van der Waals surface area contributed by atoms with E-state index in [1.807, 2.05) is 13.8 Å². The number of hydrogen-bond acceptors (Lipinski definition) is 2.